The summed E-state index contributed by atoms with van der Waals surface area (Å²) in [6.07, 6.45) is 5.23. The van der Waals surface area contributed by atoms with Crippen LogP contribution in [0.15, 0.2) is 84.4 Å². The van der Waals surface area contributed by atoms with E-state index in [0.717, 1.165) is 43.2 Å². The summed E-state index contributed by atoms with van der Waals surface area (Å²) >= 11 is 12.4. The predicted octanol–water partition coefficient (Wildman–Crippen LogP) is 6.05. The third-order valence-corrected chi connectivity index (χ3v) is 6.89. The van der Waals surface area contributed by atoms with E-state index in [9.17, 15) is 4.79 Å². The lowest BCUT2D eigenvalue weighted by Crippen LogP contribution is -2.57. The standard InChI is InChI=1S/C28H28Cl2N2O/c29-24-11-9-22(10-12-24)27(23(19-33)15-21-7-4-8-25(30)16-21)28(31)13-14-32-26(18-28)17-20-5-2-1-3-6-20/h1-12,15-16,19,26-27,32H,13-14,17-18,31H2/b23-15+. The molecule has 1 heterocycles. The number of aldehydes is 1. The highest BCUT2D eigenvalue weighted by atomic mass is 35.5. The van der Waals surface area contributed by atoms with E-state index >= 15 is 0 Å². The molecule has 0 aromatic heterocycles. The monoisotopic (exact) mass is 478 g/mol. The number of hydrogen-bond acceptors (Lipinski definition) is 3. The summed E-state index contributed by atoms with van der Waals surface area (Å²) in [5.41, 5.74) is 10.4. The van der Waals surface area contributed by atoms with E-state index in [1.165, 1.54) is 5.56 Å². The fourth-order valence-corrected chi connectivity index (χ4v) is 5.26. The zero-order valence-electron chi connectivity index (χ0n) is 18.4. The highest BCUT2D eigenvalue weighted by Crippen LogP contribution is 2.41. The Kier molecular flexibility index (Phi) is 7.67. The van der Waals surface area contributed by atoms with Crippen molar-refractivity contribution in [1.82, 2.24) is 5.32 Å². The average molecular weight is 479 g/mol. The molecule has 5 heteroatoms. The molecule has 3 aromatic carbocycles. The Balaban J connectivity index is 1.71. The van der Waals surface area contributed by atoms with Crippen molar-refractivity contribution in [2.45, 2.75) is 36.8 Å². The molecule has 3 unspecified atom stereocenters. The van der Waals surface area contributed by atoms with Crippen LogP contribution in [0.25, 0.3) is 6.08 Å². The van der Waals surface area contributed by atoms with Crippen molar-refractivity contribution < 1.29 is 4.79 Å². The maximum Gasteiger partial charge on any atom is 0.146 e. The zero-order valence-corrected chi connectivity index (χ0v) is 19.9. The first-order chi connectivity index (χ1) is 16.0. The minimum Gasteiger partial charge on any atom is -0.324 e. The summed E-state index contributed by atoms with van der Waals surface area (Å²) in [5, 5.41) is 4.91. The number of nitrogens with two attached hydrogens (primary N) is 1. The van der Waals surface area contributed by atoms with Gasteiger partial charge in [0, 0.05) is 33.1 Å². The van der Waals surface area contributed by atoms with Gasteiger partial charge in [-0.2, -0.15) is 0 Å². The van der Waals surface area contributed by atoms with E-state index < -0.39 is 5.54 Å². The van der Waals surface area contributed by atoms with Gasteiger partial charge in [-0.25, -0.2) is 0 Å². The molecule has 4 rings (SSSR count). The van der Waals surface area contributed by atoms with E-state index in [4.69, 9.17) is 28.9 Å². The molecule has 1 aliphatic rings. The first-order valence-corrected chi connectivity index (χ1v) is 12.0. The minimum atomic E-state index is -0.593. The second kappa shape index (κ2) is 10.7. The van der Waals surface area contributed by atoms with Crippen LogP contribution < -0.4 is 11.1 Å². The number of carbonyl (C=O) groups excluding carboxylic acids is 1. The summed E-state index contributed by atoms with van der Waals surface area (Å²) in [5.74, 6) is -0.272. The molecule has 1 saturated heterocycles. The van der Waals surface area contributed by atoms with Gasteiger partial charge in [0.15, 0.2) is 0 Å². The Bertz CT molecular complexity index is 1110. The Morgan fingerprint density at radius 1 is 1.03 bits per heavy atom. The number of rotatable bonds is 7. The van der Waals surface area contributed by atoms with Gasteiger partial charge >= 0.3 is 0 Å². The maximum absolute atomic E-state index is 12.4. The molecule has 0 aliphatic carbocycles. The van der Waals surface area contributed by atoms with E-state index in [1.54, 1.807) is 0 Å². The fraction of sp³-hybridized carbons (Fsp3) is 0.250. The predicted molar refractivity (Wildman–Crippen MR) is 138 cm³/mol. The molecule has 0 saturated carbocycles. The van der Waals surface area contributed by atoms with Gasteiger partial charge in [0.25, 0.3) is 0 Å². The lowest BCUT2D eigenvalue weighted by atomic mass is 9.68. The van der Waals surface area contributed by atoms with Crippen LogP contribution in [0.1, 0.15) is 35.4 Å². The van der Waals surface area contributed by atoms with Crippen molar-refractivity contribution in [3.05, 3.63) is 111 Å². The second-order valence-electron chi connectivity index (χ2n) is 8.83. The highest BCUT2D eigenvalue weighted by Gasteiger charge is 2.42. The zero-order chi connectivity index (χ0) is 23.3. The maximum atomic E-state index is 12.4. The summed E-state index contributed by atoms with van der Waals surface area (Å²) in [6, 6.07) is 25.8. The van der Waals surface area contributed by atoms with Crippen molar-refractivity contribution in [3.8, 4) is 0 Å². The van der Waals surface area contributed by atoms with Gasteiger partial charge in [-0.05, 0) is 72.8 Å². The molecule has 3 nitrogen and oxygen atoms in total. The van der Waals surface area contributed by atoms with Crippen molar-refractivity contribution in [2.24, 2.45) is 5.73 Å². The Labute approximate surface area is 205 Å². The third kappa shape index (κ3) is 5.93. The number of carbonyl (C=O) groups is 1. The van der Waals surface area contributed by atoms with Gasteiger partial charge in [0.1, 0.15) is 6.29 Å². The van der Waals surface area contributed by atoms with Gasteiger partial charge in [0.2, 0.25) is 0 Å². The largest absolute Gasteiger partial charge is 0.324 e. The molecule has 0 radical (unpaired) electrons. The van der Waals surface area contributed by atoms with Crippen LogP contribution in [-0.4, -0.2) is 24.4 Å². The lowest BCUT2D eigenvalue weighted by molar-refractivity contribution is -0.105. The molecular formula is C28H28Cl2N2O. The first-order valence-electron chi connectivity index (χ1n) is 11.2. The van der Waals surface area contributed by atoms with Crippen LogP contribution in [0, 0.1) is 0 Å². The summed E-state index contributed by atoms with van der Waals surface area (Å²) in [6.45, 7) is 0.793. The van der Waals surface area contributed by atoms with Gasteiger partial charge in [-0.1, -0.05) is 77.8 Å². The van der Waals surface area contributed by atoms with Gasteiger partial charge in [0.05, 0.1) is 0 Å². The van der Waals surface area contributed by atoms with E-state index in [0.29, 0.717) is 15.6 Å². The van der Waals surface area contributed by atoms with Crippen molar-refractivity contribution >= 4 is 35.6 Å². The van der Waals surface area contributed by atoms with Crippen LogP contribution in [0.5, 0.6) is 0 Å². The van der Waals surface area contributed by atoms with Crippen molar-refractivity contribution in [1.29, 1.82) is 0 Å². The van der Waals surface area contributed by atoms with Crippen LogP contribution >= 0.6 is 23.2 Å². The van der Waals surface area contributed by atoms with Crippen LogP contribution in [-0.2, 0) is 11.2 Å². The normalized spacial score (nSPS) is 22.0. The van der Waals surface area contributed by atoms with Crippen molar-refractivity contribution in [2.75, 3.05) is 6.54 Å². The first kappa shape index (κ1) is 23.7. The molecule has 33 heavy (non-hydrogen) atoms. The topological polar surface area (TPSA) is 55.1 Å². The third-order valence-electron chi connectivity index (χ3n) is 6.40. The van der Waals surface area contributed by atoms with Crippen molar-refractivity contribution in [3.63, 3.8) is 0 Å². The summed E-state index contributed by atoms with van der Waals surface area (Å²) in [7, 11) is 0. The minimum absolute atomic E-state index is 0.222. The van der Waals surface area contributed by atoms with Gasteiger partial charge in [-0.15, -0.1) is 0 Å². The molecule has 3 atom stereocenters. The molecule has 1 fully saturated rings. The van der Waals surface area contributed by atoms with E-state index in [1.807, 2.05) is 60.7 Å². The van der Waals surface area contributed by atoms with Crippen LogP contribution in [0.2, 0.25) is 10.0 Å². The Morgan fingerprint density at radius 2 is 1.79 bits per heavy atom. The smallest absolute Gasteiger partial charge is 0.146 e. The van der Waals surface area contributed by atoms with Gasteiger partial charge in [-0.3, -0.25) is 4.79 Å². The molecule has 3 N–H and O–H groups in total. The molecule has 0 bridgehead atoms. The fourth-order valence-electron chi connectivity index (χ4n) is 4.93. The molecule has 3 aromatic rings. The average Bonchev–Trinajstić information content (AvgIpc) is 2.80. The number of hydrogen-bond donors (Lipinski definition) is 2. The quantitative estimate of drug-likeness (QED) is 0.320. The molecule has 0 spiro atoms. The highest BCUT2D eigenvalue weighted by molar-refractivity contribution is 6.31. The van der Waals surface area contributed by atoms with E-state index in [-0.39, 0.29) is 12.0 Å². The Morgan fingerprint density at radius 3 is 2.48 bits per heavy atom. The number of benzene rings is 3. The SMILES string of the molecule is NC1(C(/C(C=O)=C/c2cccc(Cl)c2)c2ccc(Cl)cc2)CCNC(Cc2ccccc2)C1. The molecule has 1 aliphatic heterocycles. The number of halogens is 2. The molecular weight excluding hydrogens is 451 g/mol. The van der Waals surface area contributed by atoms with Crippen LogP contribution in [0.3, 0.4) is 0 Å². The molecule has 170 valence electrons. The number of piperidine rings is 1. The van der Waals surface area contributed by atoms with E-state index in [2.05, 4.69) is 29.6 Å². The summed E-state index contributed by atoms with van der Waals surface area (Å²) in [4.78, 5) is 12.4. The lowest BCUT2D eigenvalue weighted by Gasteiger charge is -2.44. The Hall–Kier alpha value is -2.43. The summed E-state index contributed by atoms with van der Waals surface area (Å²) < 4.78 is 0. The second-order valence-corrected chi connectivity index (χ2v) is 9.70. The molecule has 0 amide bonds. The van der Waals surface area contributed by atoms with Crippen LogP contribution in [0.4, 0.5) is 0 Å². The number of nitrogens with one attached hydrogen (secondary N) is 1. The van der Waals surface area contributed by atoms with Gasteiger partial charge < -0.3 is 11.1 Å².